The zero-order valence-electron chi connectivity index (χ0n) is 15.9. The molecule has 0 heterocycles. The van der Waals surface area contributed by atoms with Crippen LogP contribution in [0.15, 0.2) is 30.3 Å². The smallest absolute Gasteiger partial charge is 0.420 e. The minimum absolute atomic E-state index is 0.0528. The van der Waals surface area contributed by atoms with E-state index in [1.54, 1.807) is 58.9 Å². The van der Waals surface area contributed by atoms with Crippen molar-refractivity contribution in [3.05, 3.63) is 35.9 Å². The fourth-order valence-electron chi connectivity index (χ4n) is 2.19. The standard InChI is InChI=1S/C19H27NO6/c1-13(2)11-15(16(21)22)20(18(24)26-19(3,4)5)17(23)25-12-14-9-7-6-8-10-14/h6-10,13,15H,11-12H2,1-5H3,(H,21,22)/t15-/m0/s1. The van der Waals surface area contributed by atoms with E-state index in [1.807, 2.05) is 6.07 Å². The quantitative estimate of drug-likeness (QED) is 0.817. The summed E-state index contributed by atoms with van der Waals surface area (Å²) in [5.74, 6) is -1.34. The number of nitrogens with zero attached hydrogens (tertiary/aromatic N) is 1. The molecule has 0 radical (unpaired) electrons. The summed E-state index contributed by atoms with van der Waals surface area (Å²) in [5, 5.41) is 9.52. The molecule has 0 bridgehead atoms. The Morgan fingerprint density at radius 2 is 1.65 bits per heavy atom. The van der Waals surface area contributed by atoms with Crippen LogP contribution in [0.2, 0.25) is 0 Å². The van der Waals surface area contributed by atoms with Crippen LogP contribution in [0.5, 0.6) is 0 Å². The Bertz CT molecular complexity index is 621. The van der Waals surface area contributed by atoms with E-state index in [0.29, 0.717) is 4.90 Å². The van der Waals surface area contributed by atoms with Gasteiger partial charge in [0.2, 0.25) is 0 Å². The third-order valence-corrected chi connectivity index (χ3v) is 3.28. The first-order valence-electron chi connectivity index (χ1n) is 8.47. The number of carbonyl (C=O) groups excluding carboxylic acids is 2. The van der Waals surface area contributed by atoms with Crippen molar-refractivity contribution in [1.29, 1.82) is 0 Å². The SMILES string of the molecule is CC(C)C[C@@H](C(=O)O)N(C(=O)OCc1ccccc1)C(=O)OC(C)(C)C. The molecule has 0 unspecified atom stereocenters. The number of amides is 2. The summed E-state index contributed by atoms with van der Waals surface area (Å²) in [6, 6.07) is 7.54. The number of benzene rings is 1. The second-order valence-corrected chi connectivity index (χ2v) is 7.37. The van der Waals surface area contributed by atoms with E-state index in [-0.39, 0.29) is 18.9 Å². The summed E-state index contributed by atoms with van der Waals surface area (Å²) in [5.41, 5.74) is -0.156. The summed E-state index contributed by atoms with van der Waals surface area (Å²) in [4.78, 5) is 37.2. The van der Waals surface area contributed by atoms with Gasteiger partial charge in [0.15, 0.2) is 0 Å². The second kappa shape index (κ2) is 9.22. The average Bonchev–Trinajstić information content (AvgIpc) is 2.51. The van der Waals surface area contributed by atoms with Gasteiger partial charge in [-0.25, -0.2) is 14.4 Å². The van der Waals surface area contributed by atoms with E-state index in [4.69, 9.17) is 9.47 Å². The molecule has 26 heavy (non-hydrogen) atoms. The summed E-state index contributed by atoms with van der Waals surface area (Å²) in [6.07, 6.45) is -1.99. The molecule has 0 aliphatic carbocycles. The average molecular weight is 365 g/mol. The first-order valence-corrected chi connectivity index (χ1v) is 8.47. The number of hydrogen-bond donors (Lipinski definition) is 1. The highest BCUT2D eigenvalue weighted by molar-refractivity contribution is 5.93. The maximum atomic E-state index is 12.5. The molecule has 0 fully saturated rings. The molecule has 0 aromatic heterocycles. The van der Waals surface area contributed by atoms with Gasteiger partial charge in [0.1, 0.15) is 18.2 Å². The number of carboxylic acids is 1. The Hall–Kier alpha value is -2.57. The maximum Gasteiger partial charge on any atom is 0.420 e. The molecule has 144 valence electrons. The molecule has 7 heteroatoms. The van der Waals surface area contributed by atoms with Crippen LogP contribution in [0.1, 0.15) is 46.6 Å². The second-order valence-electron chi connectivity index (χ2n) is 7.37. The van der Waals surface area contributed by atoms with E-state index in [2.05, 4.69) is 0 Å². The Morgan fingerprint density at radius 3 is 2.12 bits per heavy atom. The van der Waals surface area contributed by atoms with E-state index in [9.17, 15) is 19.5 Å². The summed E-state index contributed by atoms with van der Waals surface area (Å²) in [6.45, 7) is 8.44. The monoisotopic (exact) mass is 365 g/mol. The molecule has 2 amide bonds. The van der Waals surface area contributed by atoms with Crippen molar-refractivity contribution < 1.29 is 29.0 Å². The lowest BCUT2D eigenvalue weighted by molar-refractivity contribution is -0.143. The third kappa shape index (κ3) is 7.13. The largest absolute Gasteiger partial charge is 0.480 e. The molecule has 1 rings (SSSR count). The van der Waals surface area contributed by atoms with Gasteiger partial charge in [0.05, 0.1) is 0 Å². The molecule has 1 aromatic rings. The zero-order valence-corrected chi connectivity index (χ0v) is 15.9. The van der Waals surface area contributed by atoms with Crippen LogP contribution in [-0.2, 0) is 20.9 Å². The summed E-state index contributed by atoms with van der Waals surface area (Å²) in [7, 11) is 0. The van der Waals surface area contributed by atoms with Gasteiger partial charge in [-0.2, -0.15) is 4.90 Å². The zero-order chi connectivity index (χ0) is 19.9. The number of rotatable bonds is 6. The van der Waals surface area contributed by atoms with Crippen molar-refractivity contribution in [2.75, 3.05) is 0 Å². The first kappa shape index (κ1) is 21.5. The topological polar surface area (TPSA) is 93.1 Å². The lowest BCUT2D eigenvalue weighted by atomic mass is 10.0. The Kier molecular flexibility index (Phi) is 7.61. The highest BCUT2D eigenvalue weighted by Gasteiger charge is 2.39. The predicted octanol–water partition coefficient (Wildman–Crippen LogP) is 4.06. The molecule has 1 aromatic carbocycles. The van der Waals surface area contributed by atoms with Crippen LogP contribution in [0.3, 0.4) is 0 Å². The lowest BCUT2D eigenvalue weighted by Gasteiger charge is -2.30. The van der Waals surface area contributed by atoms with Crippen molar-refractivity contribution in [3.63, 3.8) is 0 Å². The van der Waals surface area contributed by atoms with Crippen molar-refractivity contribution in [3.8, 4) is 0 Å². The van der Waals surface area contributed by atoms with E-state index >= 15 is 0 Å². The molecule has 0 saturated heterocycles. The number of hydrogen-bond acceptors (Lipinski definition) is 5. The van der Waals surface area contributed by atoms with Crippen molar-refractivity contribution in [2.24, 2.45) is 5.92 Å². The van der Waals surface area contributed by atoms with E-state index in [1.165, 1.54) is 0 Å². The van der Waals surface area contributed by atoms with Gasteiger partial charge in [-0.1, -0.05) is 44.2 Å². The fraction of sp³-hybridized carbons (Fsp3) is 0.526. The highest BCUT2D eigenvalue weighted by Crippen LogP contribution is 2.19. The van der Waals surface area contributed by atoms with Crippen molar-refractivity contribution in [2.45, 2.75) is 59.3 Å². The van der Waals surface area contributed by atoms with Crippen LogP contribution in [0.25, 0.3) is 0 Å². The minimum Gasteiger partial charge on any atom is -0.480 e. The fourth-order valence-corrected chi connectivity index (χ4v) is 2.19. The van der Waals surface area contributed by atoms with Crippen LogP contribution >= 0.6 is 0 Å². The van der Waals surface area contributed by atoms with E-state index in [0.717, 1.165) is 5.56 Å². The van der Waals surface area contributed by atoms with Gasteiger partial charge in [-0.05, 0) is 38.7 Å². The van der Waals surface area contributed by atoms with Crippen LogP contribution in [-0.4, -0.2) is 39.8 Å². The van der Waals surface area contributed by atoms with Gasteiger partial charge in [0, 0.05) is 0 Å². The van der Waals surface area contributed by atoms with Gasteiger partial charge in [0.25, 0.3) is 0 Å². The lowest BCUT2D eigenvalue weighted by Crippen LogP contribution is -2.51. The minimum atomic E-state index is -1.37. The first-order chi connectivity index (χ1) is 12.0. The van der Waals surface area contributed by atoms with Crippen molar-refractivity contribution >= 4 is 18.2 Å². The Morgan fingerprint density at radius 1 is 1.08 bits per heavy atom. The maximum absolute atomic E-state index is 12.5. The number of carboxylic acid groups (broad SMARTS) is 1. The van der Waals surface area contributed by atoms with Gasteiger partial charge < -0.3 is 14.6 Å². The molecule has 0 saturated carbocycles. The van der Waals surface area contributed by atoms with Crippen LogP contribution in [0, 0.1) is 5.92 Å². The Labute approximate surface area is 153 Å². The Balaban J connectivity index is 3.02. The number of carbonyl (C=O) groups is 3. The van der Waals surface area contributed by atoms with Gasteiger partial charge in [-0.15, -0.1) is 0 Å². The molecule has 1 atom stereocenters. The third-order valence-electron chi connectivity index (χ3n) is 3.28. The molecule has 0 aliphatic rings. The normalized spacial score (nSPS) is 12.4. The van der Waals surface area contributed by atoms with Crippen LogP contribution < -0.4 is 0 Å². The van der Waals surface area contributed by atoms with Crippen LogP contribution in [0.4, 0.5) is 9.59 Å². The van der Waals surface area contributed by atoms with E-state index < -0.39 is 29.8 Å². The molecule has 7 nitrogen and oxygen atoms in total. The molecule has 0 spiro atoms. The summed E-state index contributed by atoms with van der Waals surface area (Å²) >= 11 is 0. The molecular formula is C19H27NO6. The predicted molar refractivity (Wildman–Crippen MR) is 95.6 cm³/mol. The van der Waals surface area contributed by atoms with Crippen molar-refractivity contribution in [1.82, 2.24) is 4.90 Å². The van der Waals surface area contributed by atoms with Gasteiger partial charge >= 0.3 is 18.2 Å². The molecule has 0 aliphatic heterocycles. The number of aliphatic carboxylic acids is 1. The number of imide groups is 1. The summed E-state index contributed by atoms with van der Waals surface area (Å²) < 4.78 is 10.4. The molecular weight excluding hydrogens is 338 g/mol. The molecule has 1 N–H and O–H groups in total. The highest BCUT2D eigenvalue weighted by atomic mass is 16.6. The van der Waals surface area contributed by atoms with Gasteiger partial charge in [-0.3, -0.25) is 0 Å². The number of ether oxygens (including phenoxy) is 2.